The lowest BCUT2D eigenvalue weighted by Gasteiger charge is -2.13. The third-order valence-electron chi connectivity index (χ3n) is 2.33. The predicted molar refractivity (Wildman–Crippen MR) is 67.9 cm³/mol. The first kappa shape index (κ1) is 15.9. The van der Waals surface area contributed by atoms with Crippen molar-refractivity contribution in [3.63, 3.8) is 0 Å². The van der Waals surface area contributed by atoms with E-state index in [9.17, 15) is 28.4 Å². The summed E-state index contributed by atoms with van der Waals surface area (Å²) in [7, 11) is -3.74. The Morgan fingerprint density at radius 2 is 2.10 bits per heavy atom. The first-order valence-electron chi connectivity index (χ1n) is 5.26. The second kappa shape index (κ2) is 5.84. The summed E-state index contributed by atoms with van der Waals surface area (Å²) >= 11 is 0. The van der Waals surface area contributed by atoms with Gasteiger partial charge in [0.2, 0.25) is 10.0 Å². The Morgan fingerprint density at radius 1 is 1.50 bits per heavy atom. The molecule has 0 bridgehead atoms. The summed E-state index contributed by atoms with van der Waals surface area (Å²) in [5.74, 6) is -1.96. The van der Waals surface area contributed by atoms with E-state index >= 15 is 0 Å². The normalized spacial score (nSPS) is 12.8. The highest BCUT2D eigenvalue weighted by molar-refractivity contribution is 7.88. The molecule has 0 aliphatic rings. The molecule has 0 fully saturated rings. The summed E-state index contributed by atoms with van der Waals surface area (Å²) in [4.78, 5) is 20.8. The van der Waals surface area contributed by atoms with Gasteiger partial charge in [0.05, 0.1) is 11.2 Å². The van der Waals surface area contributed by atoms with E-state index in [1.54, 1.807) is 0 Å². The van der Waals surface area contributed by atoms with Crippen LogP contribution in [0.1, 0.15) is 5.56 Å². The molecule has 10 heteroatoms. The Balaban J connectivity index is 3.03. The SMILES string of the molecule is CS(=O)(=O)N[C@@H](Cc1ccc(O)c([N+](=O)[O-])c1)C(=O)O. The van der Waals surface area contributed by atoms with Gasteiger partial charge in [0.25, 0.3) is 0 Å². The van der Waals surface area contributed by atoms with Crippen LogP contribution in [0.15, 0.2) is 18.2 Å². The lowest BCUT2D eigenvalue weighted by atomic mass is 10.1. The van der Waals surface area contributed by atoms with Gasteiger partial charge >= 0.3 is 11.7 Å². The number of sulfonamides is 1. The number of rotatable bonds is 6. The van der Waals surface area contributed by atoms with Crippen LogP contribution in [0.3, 0.4) is 0 Å². The van der Waals surface area contributed by atoms with Gasteiger partial charge < -0.3 is 10.2 Å². The molecular formula is C10H12N2O7S. The minimum absolute atomic E-state index is 0.207. The molecule has 0 aliphatic heterocycles. The summed E-state index contributed by atoms with van der Waals surface area (Å²) < 4.78 is 24.0. The van der Waals surface area contributed by atoms with Crippen LogP contribution in [0.25, 0.3) is 0 Å². The fourth-order valence-electron chi connectivity index (χ4n) is 1.52. The highest BCUT2D eigenvalue weighted by atomic mass is 32.2. The number of nitrogens with one attached hydrogen (secondary N) is 1. The van der Waals surface area contributed by atoms with Crippen molar-refractivity contribution >= 4 is 21.7 Å². The number of nitro benzene ring substituents is 1. The van der Waals surface area contributed by atoms with E-state index in [-0.39, 0.29) is 12.0 Å². The number of aliphatic carboxylic acids is 1. The number of hydrogen-bond donors (Lipinski definition) is 3. The van der Waals surface area contributed by atoms with Crippen LogP contribution >= 0.6 is 0 Å². The molecule has 0 aromatic heterocycles. The Labute approximate surface area is 114 Å². The zero-order valence-corrected chi connectivity index (χ0v) is 11.1. The lowest BCUT2D eigenvalue weighted by molar-refractivity contribution is -0.385. The molecule has 0 saturated carbocycles. The van der Waals surface area contributed by atoms with Gasteiger partial charge in [0, 0.05) is 6.07 Å². The summed E-state index contributed by atoms with van der Waals surface area (Å²) in [6.07, 6.45) is 0.520. The van der Waals surface area contributed by atoms with E-state index in [0.29, 0.717) is 0 Å². The molecule has 1 atom stereocenters. The van der Waals surface area contributed by atoms with Gasteiger partial charge in [-0.1, -0.05) is 6.07 Å². The van der Waals surface area contributed by atoms with E-state index in [1.165, 1.54) is 6.07 Å². The highest BCUT2D eigenvalue weighted by Crippen LogP contribution is 2.26. The molecule has 1 aromatic rings. The number of hydrogen-bond acceptors (Lipinski definition) is 6. The molecule has 1 aromatic carbocycles. The minimum Gasteiger partial charge on any atom is -0.502 e. The maximum atomic E-state index is 11.0. The van der Waals surface area contributed by atoms with Crippen LogP contribution in [-0.2, 0) is 21.2 Å². The molecule has 1 rings (SSSR count). The predicted octanol–water partition coefficient (Wildman–Crippen LogP) is -0.155. The quantitative estimate of drug-likeness (QED) is 0.489. The van der Waals surface area contributed by atoms with Gasteiger partial charge in [-0.2, -0.15) is 0 Å². The standard InChI is InChI=1S/C10H12N2O7S/c1-20(18,19)11-7(10(14)15)4-6-2-3-9(13)8(5-6)12(16)17/h2-3,5,7,11,13H,4H2,1H3,(H,14,15)/t7-/m0/s1. The molecule has 9 nitrogen and oxygen atoms in total. The Bertz CT molecular complexity index is 641. The van der Waals surface area contributed by atoms with Crippen molar-refractivity contribution in [1.82, 2.24) is 4.72 Å². The van der Waals surface area contributed by atoms with Gasteiger partial charge in [0.1, 0.15) is 6.04 Å². The second-order valence-corrected chi connectivity index (χ2v) is 5.85. The summed E-state index contributed by atoms with van der Waals surface area (Å²) in [6, 6.07) is 1.87. The van der Waals surface area contributed by atoms with Crippen LogP contribution in [0.2, 0.25) is 0 Å². The maximum absolute atomic E-state index is 11.0. The van der Waals surface area contributed by atoms with Crippen molar-refractivity contribution in [3.8, 4) is 5.75 Å². The molecule has 0 radical (unpaired) electrons. The van der Waals surface area contributed by atoms with Crippen molar-refractivity contribution < 1.29 is 28.3 Å². The minimum atomic E-state index is -3.74. The van der Waals surface area contributed by atoms with Crippen molar-refractivity contribution in [2.24, 2.45) is 0 Å². The van der Waals surface area contributed by atoms with Crippen LogP contribution in [-0.4, -0.2) is 41.8 Å². The molecular weight excluding hydrogens is 292 g/mol. The lowest BCUT2D eigenvalue weighted by Crippen LogP contribution is -2.41. The first-order chi connectivity index (χ1) is 9.10. The highest BCUT2D eigenvalue weighted by Gasteiger charge is 2.23. The van der Waals surface area contributed by atoms with Crippen LogP contribution < -0.4 is 4.72 Å². The molecule has 3 N–H and O–H groups in total. The topological polar surface area (TPSA) is 147 Å². The Hall–Kier alpha value is -2.20. The monoisotopic (exact) mass is 304 g/mol. The van der Waals surface area contributed by atoms with Gasteiger partial charge in [-0.25, -0.2) is 13.1 Å². The number of nitrogens with zero attached hydrogens (tertiary/aromatic N) is 1. The third kappa shape index (κ3) is 4.48. The smallest absolute Gasteiger partial charge is 0.322 e. The summed E-state index contributed by atoms with van der Waals surface area (Å²) in [5.41, 5.74) is -0.371. The zero-order chi connectivity index (χ0) is 15.5. The van der Waals surface area contributed by atoms with Gasteiger partial charge in [0.15, 0.2) is 5.75 Å². The number of carboxylic acids is 1. The van der Waals surface area contributed by atoms with Crippen LogP contribution in [0.5, 0.6) is 5.75 Å². The molecule has 0 aliphatic carbocycles. The number of aromatic hydroxyl groups is 1. The zero-order valence-electron chi connectivity index (χ0n) is 10.3. The van der Waals surface area contributed by atoms with Crippen molar-refractivity contribution in [2.45, 2.75) is 12.5 Å². The first-order valence-corrected chi connectivity index (χ1v) is 7.15. The van der Waals surface area contributed by atoms with Crippen molar-refractivity contribution in [2.75, 3.05) is 6.26 Å². The van der Waals surface area contributed by atoms with Crippen molar-refractivity contribution in [3.05, 3.63) is 33.9 Å². The van der Waals surface area contributed by atoms with Crippen LogP contribution in [0, 0.1) is 10.1 Å². The number of phenols is 1. The Morgan fingerprint density at radius 3 is 2.55 bits per heavy atom. The maximum Gasteiger partial charge on any atom is 0.322 e. The summed E-state index contributed by atoms with van der Waals surface area (Å²) in [5, 5.41) is 28.8. The van der Waals surface area contributed by atoms with E-state index in [1.807, 2.05) is 4.72 Å². The average Bonchev–Trinajstić information content (AvgIpc) is 2.28. The van der Waals surface area contributed by atoms with Gasteiger partial charge in [-0.3, -0.25) is 14.9 Å². The van der Waals surface area contributed by atoms with E-state index < -0.39 is 38.4 Å². The number of benzene rings is 1. The molecule has 0 saturated heterocycles. The average molecular weight is 304 g/mol. The molecule has 0 unspecified atom stereocenters. The molecule has 110 valence electrons. The summed E-state index contributed by atoms with van der Waals surface area (Å²) in [6.45, 7) is 0. The van der Waals surface area contributed by atoms with E-state index in [0.717, 1.165) is 18.4 Å². The molecule has 0 amide bonds. The molecule has 0 heterocycles. The van der Waals surface area contributed by atoms with Gasteiger partial charge in [-0.05, 0) is 18.1 Å². The van der Waals surface area contributed by atoms with Crippen molar-refractivity contribution in [1.29, 1.82) is 0 Å². The Kier molecular flexibility index (Phi) is 4.63. The molecule has 0 spiro atoms. The third-order valence-corrected chi connectivity index (χ3v) is 3.04. The molecule has 20 heavy (non-hydrogen) atoms. The van der Waals surface area contributed by atoms with Gasteiger partial charge in [-0.15, -0.1) is 0 Å². The number of nitro groups is 1. The largest absolute Gasteiger partial charge is 0.502 e. The fourth-order valence-corrected chi connectivity index (χ4v) is 2.22. The van der Waals surface area contributed by atoms with E-state index in [4.69, 9.17) is 5.11 Å². The number of carbonyl (C=O) groups is 1. The van der Waals surface area contributed by atoms with Crippen LogP contribution in [0.4, 0.5) is 5.69 Å². The number of carboxylic acid groups (broad SMARTS) is 1. The second-order valence-electron chi connectivity index (χ2n) is 4.07. The fraction of sp³-hybridized carbons (Fsp3) is 0.300. The number of phenolic OH excluding ortho intramolecular Hbond substituents is 1. The van der Waals surface area contributed by atoms with E-state index in [2.05, 4.69) is 0 Å².